The minimum absolute atomic E-state index is 0.124. The molecule has 0 amide bonds. The standard InChI is InChI=1S/C16H17N3O4/c1-4-23-10-7-5-9(6-8-10)11-14(20)13-12(17-11)15(21)19(3)16(22)18(13)2/h5-8,17,20H,4H2,1-3H3. The molecule has 2 aromatic heterocycles. The van der Waals surface area contributed by atoms with Gasteiger partial charge in [-0.3, -0.25) is 13.9 Å². The number of aromatic hydroxyl groups is 1. The summed E-state index contributed by atoms with van der Waals surface area (Å²) in [5.74, 6) is 0.594. The van der Waals surface area contributed by atoms with Crippen LogP contribution in [0.4, 0.5) is 0 Å². The van der Waals surface area contributed by atoms with Crippen molar-refractivity contribution < 1.29 is 9.84 Å². The summed E-state index contributed by atoms with van der Waals surface area (Å²) >= 11 is 0. The fraction of sp³-hybridized carbons (Fsp3) is 0.250. The molecule has 0 radical (unpaired) electrons. The topological polar surface area (TPSA) is 89.3 Å². The summed E-state index contributed by atoms with van der Waals surface area (Å²) in [5.41, 5.74) is 0.501. The van der Waals surface area contributed by atoms with Crippen LogP contribution in [-0.4, -0.2) is 25.8 Å². The zero-order valence-corrected chi connectivity index (χ0v) is 13.1. The van der Waals surface area contributed by atoms with E-state index in [9.17, 15) is 14.7 Å². The van der Waals surface area contributed by atoms with Crippen LogP contribution in [-0.2, 0) is 14.1 Å². The Kier molecular flexibility index (Phi) is 3.48. The van der Waals surface area contributed by atoms with Crippen LogP contribution in [0, 0.1) is 0 Å². The molecular formula is C16H17N3O4. The van der Waals surface area contributed by atoms with E-state index < -0.39 is 11.2 Å². The van der Waals surface area contributed by atoms with Crippen molar-refractivity contribution in [3.8, 4) is 22.8 Å². The summed E-state index contributed by atoms with van der Waals surface area (Å²) in [6.07, 6.45) is 0. The lowest BCUT2D eigenvalue weighted by Crippen LogP contribution is -2.36. The molecule has 0 spiro atoms. The average molecular weight is 315 g/mol. The third kappa shape index (κ3) is 2.21. The Labute approximate surface area is 131 Å². The summed E-state index contributed by atoms with van der Waals surface area (Å²) in [5, 5.41) is 10.5. The first-order chi connectivity index (χ1) is 11.0. The second kappa shape index (κ2) is 5.35. The van der Waals surface area contributed by atoms with E-state index in [0.717, 1.165) is 10.3 Å². The van der Waals surface area contributed by atoms with Gasteiger partial charge in [-0.25, -0.2) is 4.79 Å². The molecule has 0 aliphatic heterocycles. The number of nitrogens with one attached hydrogen (secondary N) is 1. The molecule has 0 fully saturated rings. The third-order valence-corrected chi connectivity index (χ3v) is 3.83. The highest BCUT2D eigenvalue weighted by Gasteiger charge is 2.19. The van der Waals surface area contributed by atoms with Gasteiger partial charge in [0.2, 0.25) is 0 Å². The molecule has 2 heterocycles. The number of H-pyrrole nitrogens is 1. The maximum absolute atomic E-state index is 12.2. The van der Waals surface area contributed by atoms with Gasteiger partial charge in [0, 0.05) is 19.7 Å². The third-order valence-electron chi connectivity index (χ3n) is 3.83. The molecule has 3 aromatic rings. The summed E-state index contributed by atoms with van der Waals surface area (Å²) in [7, 11) is 2.91. The van der Waals surface area contributed by atoms with Gasteiger partial charge in [0.1, 0.15) is 16.8 Å². The van der Waals surface area contributed by atoms with Gasteiger partial charge in [-0.15, -0.1) is 0 Å². The lowest BCUT2D eigenvalue weighted by molar-refractivity contribution is 0.340. The van der Waals surface area contributed by atoms with Crippen molar-refractivity contribution in [2.24, 2.45) is 14.1 Å². The highest BCUT2D eigenvalue weighted by Crippen LogP contribution is 2.34. The summed E-state index contributed by atoms with van der Waals surface area (Å²) in [6, 6.07) is 7.11. The number of fused-ring (bicyclic) bond motifs is 1. The minimum Gasteiger partial charge on any atom is -0.504 e. The molecule has 0 unspecified atom stereocenters. The molecule has 7 nitrogen and oxygen atoms in total. The molecule has 7 heteroatoms. The van der Waals surface area contributed by atoms with Gasteiger partial charge in [-0.1, -0.05) is 0 Å². The number of ether oxygens (including phenoxy) is 1. The predicted octanol–water partition coefficient (Wildman–Crippen LogP) is 1.34. The Hall–Kier alpha value is -2.96. The van der Waals surface area contributed by atoms with Crippen molar-refractivity contribution in [1.82, 2.24) is 14.1 Å². The van der Waals surface area contributed by atoms with Crippen molar-refractivity contribution in [2.45, 2.75) is 6.92 Å². The van der Waals surface area contributed by atoms with Gasteiger partial charge >= 0.3 is 5.69 Å². The monoisotopic (exact) mass is 315 g/mol. The highest BCUT2D eigenvalue weighted by molar-refractivity contribution is 5.90. The molecule has 0 bridgehead atoms. The van der Waals surface area contributed by atoms with E-state index in [2.05, 4.69) is 4.98 Å². The molecule has 0 aliphatic carbocycles. The molecule has 0 saturated carbocycles. The molecule has 3 rings (SSSR count). The number of aromatic nitrogens is 3. The lowest BCUT2D eigenvalue weighted by atomic mass is 10.1. The quantitative estimate of drug-likeness (QED) is 0.763. The van der Waals surface area contributed by atoms with Crippen LogP contribution >= 0.6 is 0 Å². The van der Waals surface area contributed by atoms with Crippen molar-refractivity contribution in [2.75, 3.05) is 6.61 Å². The molecule has 1 aromatic carbocycles. The summed E-state index contributed by atoms with van der Waals surface area (Å²) in [4.78, 5) is 27.2. The molecule has 2 N–H and O–H groups in total. The van der Waals surface area contributed by atoms with E-state index in [1.165, 1.54) is 18.7 Å². The van der Waals surface area contributed by atoms with Gasteiger partial charge < -0.3 is 14.8 Å². The lowest BCUT2D eigenvalue weighted by Gasteiger charge is -2.04. The van der Waals surface area contributed by atoms with Crippen LogP contribution in [0.2, 0.25) is 0 Å². The maximum atomic E-state index is 12.2. The van der Waals surface area contributed by atoms with Crippen LogP contribution in [0.25, 0.3) is 22.3 Å². The van der Waals surface area contributed by atoms with E-state index in [-0.39, 0.29) is 16.8 Å². The Morgan fingerprint density at radius 3 is 2.39 bits per heavy atom. The molecule has 23 heavy (non-hydrogen) atoms. The predicted molar refractivity (Wildman–Crippen MR) is 87.1 cm³/mol. The van der Waals surface area contributed by atoms with Gasteiger partial charge in [-0.2, -0.15) is 0 Å². The summed E-state index contributed by atoms with van der Waals surface area (Å²) < 4.78 is 7.63. The van der Waals surface area contributed by atoms with Crippen molar-refractivity contribution in [1.29, 1.82) is 0 Å². The number of hydrogen-bond donors (Lipinski definition) is 2. The number of aromatic amines is 1. The van der Waals surface area contributed by atoms with Crippen LogP contribution in [0.3, 0.4) is 0 Å². The Morgan fingerprint density at radius 2 is 1.78 bits per heavy atom. The average Bonchev–Trinajstić information content (AvgIpc) is 2.90. The fourth-order valence-electron chi connectivity index (χ4n) is 2.63. The molecule has 0 atom stereocenters. The van der Waals surface area contributed by atoms with Crippen molar-refractivity contribution >= 4 is 11.0 Å². The van der Waals surface area contributed by atoms with Gasteiger partial charge in [0.15, 0.2) is 5.75 Å². The van der Waals surface area contributed by atoms with E-state index >= 15 is 0 Å². The van der Waals surface area contributed by atoms with Crippen LogP contribution < -0.4 is 16.0 Å². The second-order valence-corrected chi connectivity index (χ2v) is 5.24. The van der Waals surface area contributed by atoms with Gasteiger partial charge in [0.05, 0.1) is 12.3 Å². The Morgan fingerprint density at radius 1 is 1.13 bits per heavy atom. The van der Waals surface area contributed by atoms with E-state index in [1.807, 2.05) is 6.92 Å². The van der Waals surface area contributed by atoms with E-state index in [1.54, 1.807) is 24.3 Å². The zero-order chi connectivity index (χ0) is 16.7. The number of hydrogen-bond acceptors (Lipinski definition) is 4. The minimum atomic E-state index is -0.491. The van der Waals surface area contributed by atoms with Crippen LogP contribution in [0.15, 0.2) is 33.9 Å². The molecular weight excluding hydrogens is 298 g/mol. The highest BCUT2D eigenvalue weighted by atomic mass is 16.5. The van der Waals surface area contributed by atoms with Crippen molar-refractivity contribution in [3.05, 3.63) is 45.1 Å². The normalized spacial score (nSPS) is 11.1. The number of aryl methyl sites for hydroxylation is 1. The first kappa shape index (κ1) is 15.0. The largest absolute Gasteiger partial charge is 0.504 e. The maximum Gasteiger partial charge on any atom is 0.331 e. The smallest absolute Gasteiger partial charge is 0.331 e. The van der Waals surface area contributed by atoms with Crippen molar-refractivity contribution in [3.63, 3.8) is 0 Å². The molecule has 0 aliphatic rings. The fourth-order valence-corrected chi connectivity index (χ4v) is 2.63. The molecule has 120 valence electrons. The number of benzene rings is 1. The van der Waals surface area contributed by atoms with E-state index in [4.69, 9.17) is 4.74 Å². The van der Waals surface area contributed by atoms with Gasteiger partial charge in [-0.05, 0) is 31.2 Å². The summed E-state index contributed by atoms with van der Waals surface area (Å²) in [6.45, 7) is 2.46. The van der Waals surface area contributed by atoms with Crippen LogP contribution in [0.5, 0.6) is 11.5 Å². The Bertz CT molecular complexity index is 993. The zero-order valence-electron chi connectivity index (χ0n) is 13.1. The van der Waals surface area contributed by atoms with Crippen LogP contribution in [0.1, 0.15) is 6.92 Å². The number of rotatable bonds is 3. The second-order valence-electron chi connectivity index (χ2n) is 5.24. The first-order valence-corrected chi connectivity index (χ1v) is 7.19. The SMILES string of the molecule is CCOc1ccc(-c2[nH]c3c(=O)n(C)c(=O)n(C)c3c2O)cc1. The number of nitrogens with zero attached hydrogens (tertiary/aromatic N) is 2. The first-order valence-electron chi connectivity index (χ1n) is 7.19. The Balaban J connectivity index is 2.25. The van der Waals surface area contributed by atoms with Gasteiger partial charge in [0.25, 0.3) is 5.56 Å². The molecule has 0 saturated heterocycles. The van der Waals surface area contributed by atoms with E-state index in [0.29, 0.717) is 17.9 Å².